The van der Waals surface area contributed by atoms with Gasteiger partial charge in [-0.2, -0.15) is 5.26 Å². The zero-order valence-corrected chi connectivity index (χ0v) is 21.6. The molecule has 0 aliphatic rings. The number of carbonyl (C=O) groups excluding carboxylic acids is 1. The fourth-order valence-corrected chi connectivity index (χ4v) is 4.44. The number of halogens is 1. The van der Waals surface area contributed by atoms with E-state index in [4.69, 9.17) is 21.6 Å². The van der Waals surface area contributed by atoms with Crippen molar-refractivity contribution in [2.75, 3.05) is 13.1 Å². The maximum Gasteiger partial charge on any atom is 0.410 e. The molecule has 0 aromatic heterocycles. The van der Waals surface area contributed by atoms with Crippen LogP contribution in [-0.4, -0.2) is 34.8 Å². The van der Waals surface area contributed by atoms with Crippen LogP contribution < -0.4 is 0 Å². The third-order valence-electron chi connectivity index (χ3n) is 5.07. The number of benzene rings is 3. The van der Waals surface area contributed by atoms with Gasteiger partial charge in [0, 0.05) is 21.4 Å². The molecular formula is C28H29ClN2O3S. The Balaban J connectivity index is 1.66. The van der Waals surface area contributed by atoms with Gasteiger partial charge in [-0.3, -0.25) is 0 Å². The minimum atomic E-state index is -0.885. The number of rotatable bonds is 8. The lowest BCUT2D eigenvalue weighted by atomic mass is 10.1. The molecule has 0 aliphatic heterocycles. The summed E-state index contributed by atoms with van der Waals surface area (Å²) in [5.74, 6) is 0. The van der Waals surface area contributed by atoms with Crippen LogP contribution in [0, 0.1) is 11.3 Å². The summed E-state index contributed by atoms with van der Waals surface area (Å²) in [6.07, 6.45) is -0.747. The largest absolute Gasteiger partial charge is 0.444 e. The van der Waals surface area contributed by atoms with Gasteiger partial charge < -0.3 is 14.7 Å². The van der Waals surface area contributed by atoms with E-state index in [9.17, 15) is 9.90 Å². The van der Waals surface area contributed by atoms with Crippen molar-refractivity contribution in [3.63, 3.8) is 0 Å². The summed E-state index contributed by atoms with van der Waals surface area (Å²) in [6, 6.07) is 24.8. The van der Waals surface area contributed by atoms with Gasteiger partial charge in [-0.15, -0.1) is 0 Å². The first-order chi connectivity index (χ1) is 16.6. The highest BCUT2D eigenvalue weighted by Gasteiger charge is 2.24. The summed E-state index contributed by atoms with van der Waals surface area (Å²) >= 11 is 7.65. The maximum atomic E-state index is 12.9. The molecule has 7 heteroatoms. The summed E-state index contributed by atoms with van der Waals surface area (Å²) < 4.78 is 5.58. The van der Waals surface area contributed by atoms with Gasteiger partial charge in [0.2, 0.25) is 0 Å². The average Bonchev–Trinajstić information content (AvgIpc) is 2.81. The first-order valence-corrected chi connectivity index (χ1v) is 12.5. The van der Waals surface area contributed by atoms with Crippen molar-refractivity contribution in [1.29, 1.82) is 5.26 Å². The minimum Gasteiger partial charge on any atom is -0.444 e. The van der Waals surface area contributed by atoms with Crippen LogP contribution in [0.4, 0.5) is 4.79 Å². The van der Waals surface area contributed by atoms with Crippen LogP contribution in [0.5, 0.6) is 0 Å². The van der Waals surface area contributed by atoms with E-state index in [0.29, 0.717) is 29.1 Å². The fourth-order valence-electron chi connectivity index (χ4n) is 3.37. The van der Waals surface area contributed by atoms with Crippen molar-refractivity contribution < 1.29 is 14.6 Å². The Morgan fingerprint density at radius 3 is 2.46 bits per heavy atom. The van der Waals surface area contributed by atoms with E-state index >= 15 is 0 Å². The second kappa shape index (κ2) is 12.1. The lowest BCUT2D eigenvalue weighted by Gasteiger charge is -2.29. The van der Waals surface area contributed by atoms with E-state index < -0.39 is 17.8 Å². The van der Waals surface area contributed by atoms with Crippen LogP contribution in [0.1, 0.15) is 43.6 Å². The third-order valence-corrected chi connectivity index (χ3v) is 6.30. The van der Waals surface area contributed by atoms with Crippen molar-refractivity contribution in [2.45, 2.75) is 48.7 Å². The quantitative estimate of drug-likeness (QED) is 0.359. The molecule has 0 spiro atoms. The van der Waals surface area contributed by atoms with Crippen molar-refractivity contribution in [2.24, 2.45) is 0 Å². The molecular weight excluding hydrogens is 480 g/mol. The summed E-state index contributed by atoms with van der Waals surface area (Å²) in [7, 11) is 0. The molecule has 182 valence electrons. The highest BCUT2D eigenvalue weighted by atomic mass is 35.5. The fraction of sp³-hybridized carbons (Fsp3) is 0.286. The first-order valence-electron chi connectivity index (χ1n) is 11.3. The minimum absolute atomic E-state index is 0.0957. The molecule has 1 atom stereocenters. The Morgan fingerprint density at radius 2 is 1.80 bits per heavy atom. The van der Waals surface area contributed by atoms with E-state index in [1.165, 1.54) is 4.90 Å². The molecule has 0 fully saturated rings. The zero-order chi connectivity index (χ0) is 25.4. The summed E-state index contributed by atoms with van der Waals surface area (Å²) in [5, 5.41) is 20.4. The normalized spacial score (nSPS) is 12.0. The van der Waals surface area contributed by atoms with Crippen LogP contribution in [0.15, 0.2) is 82.6 Å². The van der Waals surface area contributed by atoms with Crippen molar-refractivity contribution in [1.82, 2.24) is 4.90 Å². The molecule has 3 aromatic rings. The van der Waals surface area contributed by atoms with Gasteiger partial charge in [0.25, 0.3) is 0 Å². The standard InChI is InChI=1S/C28H29ClN2O3S/c1-28(2,3)34-27(33)31(19-26(32)22-7-5-8-23(29)17-22)15-14-20-10-12-24(13-11-20)35-25-9-4-6-21(16-25)18-30/h4-13,16-17,26,32H,14-15,19H2,1-3H3. The molecule has 0 bridgehead atoms. The van der Waals surface area contributed by atoms with Crippen LogP contribution >= 0.6 is 23.4 Å². The Bertz CT molecular complexity index is 1190. The zero-order valence-electron chi connectivity index (χ0n) is 20.1. The first kappa shape index (κ1) is 26.6. The van der Waals surface area contributed by atoms with Gasteiger partial charge in [0.15, 0.2) is 0 Å². The number of nitrogens with zero attached hydrogens (tertiary/aromatic N) is 2. The second-order valence-corrected chi connectivity index (χ2v) is 10.7. The highest BCUT2D eigenvalue weighted by Crippen LogP contribution is 2.28. The SMILES string of the molecule is CC(C)(C)OC(=O)N(CCc1ccc(Sc2cccc(C#N)c2)cc1)CC(O)c1cccc(Cl)c1. The lowest BCUT2D eigenvalue weighted by molar-refractivity contribution is 0.0147. The topological polar surface area (TPSA) is 73.6 Å². The lowest BCUT2D eigenvalue weighted by Crippen LogP contribution is -2.40. The summed E-state index contributed by atoms with van der Waals surface area (Å²) in [6.45, 7) is 5.94. The highest BCUT2D eigenvalue weighted by molar-refractivity contribution is 7.99. The van der Waals surface area contributed by atoms with Gasteiger partial charge in [-0.05, 0) is 80.8 Å². The molecule has 0 radical (unpaired) electrons. The molecule has 3 aromatic carbocycles. The molecule has 35 heavy (non-hydrogen) atoms. The molecule has 0 aliphatic carbocycles. The molecule has 0 saturated carbocycles. The van der Waals surface area contributed by atoms with Crippen LogP contribution in [0.3, 0.4) is 0 Å². The predicted octanol–water partition coefficient (Wildman–Crippen LogP) is 6.88. The number of nitriles is 1. The average molecular weight is 509 g/mol. The van der Waals surface area contributed by atoms with E-state index in [0.717, 1.165) is 15.4 Å². The van der Waals surface area contributed by atoms with Crippen molar-refractivity contribution in [3.8, 4) is 6.07 Å². The molecule has 1 N–H and O–H groups in total. The molecule has 5 nitrogen and oxygen atoms in total. The Labute approximate surface area is 216 Å². The molecule has 1 unspecified atom stereocenters. The van der Waals surface area contributed by atoms with Gasteiger partial charge in [-0.1, -0.05) is 53.7 Å². The number of aliphatic hydroxyl groups is 1. The molecule has 1 amide bonds. The van der Waals surface area contributed by atoms with Gasteiger partial charge >= 0.3 is 6.09 Å². The van der Waals surface area contributed by atoms with Crippen molar-refractivity contribution in [3.05, 3.63) is 94.5 Å². The van der Waals surface area contributed by atoms with Crippen molar-refractivity contribution >= 4 is 29.5 Å². The number of carbonyl (C=O) groups is 1. The smallest absolute Gasteiger partial charge is 0.410 e. The third kappa shape index (κ3) is 8.63. The number of hydrogen-bond acceptors (Lipinski definition) is 5. The molecule has 3 rings (SSSR count). The van der Waals surface area contributed by atoms with E-state index in [1.807, 2.05) is 63.2 Å². The van der Waals surface area contributed by atoms with Crippen LogP contribution in [0.2, 0.25) is 5.02 Å². The number of hydrogen-bond donors (Lipinski definition) is 1. The predicted molar refractivity (Wildman–Crippen MR) is 140 cm³/mol. The van der Waals surface area contributed by atoms with Gasteiger partial charge in [0.1, 0.15) is 5.60 Å². The van der Waals surface area contributed by atoms with E-state index in [-0.39, 0.29) is 6.54 Å². The van der Waals surface area contributed by atoms with Gasteiger partial charge in [0.05, 0.1) is 24.3 Å². The second-order valence-electron chi connectivity index (χ2n) is 9.13. The van der Waals surface area contributed by atoms with Crippen LogP contribution in [-0.2, 0) is 11.2 Å². The Kier molecular flexibility index (Phi) is 9.22. The molecule has 0 saturated heterocycles. The Hall–Kier alpha value is -2.98. The van der Waals surface area contributed by atoms with E-state index in [2.05, 4.69) is 6.07 Å². The summed E-state index contributed by atoms with van der Waals surface area (Å²) in [5.41, 5.74) is 1.70. The Morgan fingerprint density at radius 1 is 1.09 bits per heavy atom. The van der Waals surface area contributed by atoms with Gasteiger partial charge in [-0.25, -0.2) is 4.79 Å². The number of ether oxygens (including phenoxy) is 1. The number of amides is 1. The van der Waals surface area contributed by atoms with E-state index in [1.54, 1.807) is 42.1 Å². The van der Waals surface area contributed by atoms with Crippen LogP contribution in [0.25, 0.3) is 0 Å². The number of aliphatic hydroxyl groups excluding tert-OH is 1. The maximum absolute atomic E-state index is 12.9. The summed E-state index contributed by atoms with van der Waals surface area (Å²) in [4.78, 5) is 16.5. The monoisotopic (exact) mass is 508 g/mol. The molecule has 0 heterocycles.